The Bertz CT molecular complexity index is 797. The zero-order valence-corrected chi connectivity index (χ0v) is 17.0. The zero-order chi connectivity index (χ0) is 20.9. The molecule has 1 aromatic carbocycles. The van der Waals surface area contributed by atoms with Crippen LogP contribution in [0.5, 0.6) is 0 Å². The van der Waals surface area contributed by atoms with E-state index in [9.17, 15) is 14.4 Å². The second kappa shape index (κ2) is 9.11. The number of amides is 2. The third-order valence-electron chi connectivity index (χ3n) is 5.67. The number of esters is 2. The minimum Gasteiger partial charge on any atom is -0.463 e. The Morgan fingerprint density at radius 1 is 1.10 bits per heavy atom. The number of ether oxygens (including phenoxy) is 2. The first kappa shape index (κ1) is 20.9. The van der Waals surface area contributed by atoms with E-state index >= 15 is 0 Å². The van der Waals surface area contributed by atoms with Gasteiger partial charge in [0.1, 0.15) is 6.61 Å². The molecule has 1 saturated carbocycles. The second-order valence-electron chi connectivity index (χ2n) is 7.40. The van der Waals surface area contributed by atoms with Crippen molar-refractivity contribution in [1.29, 1.82) is 0 Å². The van der Waals surface area contributed by atoms with Crippen molar-refractivity contribution < 1.29 is 23.9 Å². The van der Waals surface area contributed by atoms with Crippen molar-refractivity contribution in [2.75, 3.05) is 13.2 Å². The first-order chi connectivity index (χ1) is 14.0. The first-order valence-corrected chi connectivity index (χ1v) is 10.2. The van der Waals surface area contributed by atoms with Crippen LogP contribution in [0.15, 0.2) is 41.6 Å². The third kappa shape index (κ3) is 4.28. The van der Waals surface area contributed by atoms with Gasteiger partial charge in [0.15, 0.2) is 0 Å². The minimum atomic E-state index is -0.674. The SMILES string of the molecule is CCOC(=O)C1=C(COC(=O)C2(c3ccccc3)CCCC2)NC(=O)NC1CC. The summed E-state index contributed by atoms with van der Waals surface area (Å²) in [4.78, 5) is 37.6. The lowest BCUT2D eigenvalue weighted by Crippen LogP contribution is -2.51. The zero-order valence-electron chi connectivity index (χ0n) is 17.0. The van der Waals surface area contributed by atoms with Gasteiger partial charge in [-0.2, -0.15) is 0 Å². The molecule has 0 spiro atoms. The maximum Gasteiger partial charge on any atom is 0.338 e. The topological polar surface area (TPSA) is 93.7 Å². The number of urea groups is 1. The van der Waals surface area contributed by atoms with Crippen LogP contribution in [0.1, 0.15) is 51.5 Å². The molecule has 1 aliphatic heterocycles. The number of benzene rings is 1. The van der Waals surface area contributed by atoms with Crippen LogP contribution < -0.4 is 10.6 Å². The Labute approximate surface area is 170 Å². The lowest BCUT2D eigenvalue weighted by molar-refractivity contribution is -0.150. The van der Waals surface area contributed by atoms with Gasteiger partial charge in [-0.05, 0) is 31.7 Å². The molecule has 2 amide bonds. The maximum absolute atomic E-state index is 13.2. The lowest BCUT2D eigenvalue weighted by Gasteiger charge is -2.30. The minimum absolute atomic E-state index is 0.175. The molecular formula is C22H28N2O5. The van der Waals surface area contributed by atoms with Crippen molar-refractivity contribution in [3.63, 3.8) is 0 Å². The average Bonchev–Trinajstić information content (AvgIpc) is 3.23. The van der Waals surface area contributed by atoms with Crippen molar-refractivity contribution in [2.24, 2.45) is 0 Å². The Morgan fingerprint density at radius 3 is 2.41 bits per heavy atom. The van der Waals surface area contributed by atoms with Gasteiger partial charge in [0.05, 0.1) is 29.3 Å². The van der Waals surface area contributed by atoms with Crippen molar-refractivity contribution in [3.05, 3.63) is 47.2 Å². The van der Waals surface area contributed by atoms with Crippen LogP contribution in [0.2, 0.25) is 0 Å². The summed E-state index contributed by atoms with van der Waals surface area (Å²) >= 11 is 0. The summed E-state index contributed by atoms with van der Waals surface area (Å²) in [7, 11) is 0. The Morgan fingerprint density at radius 2 is 1.79 bits per heavy atom. The average molecular weight is 400 g/mol. The highest BCUT2D eigenvalue weighted by atomic mass is 16.5. The van der Waals surface area contributed by atoms with E-state index in [0.29, 0.717) is 12.0 Å². The molecule has 1 heterocycles. The number of carbonyl (C=O) groups excluding carboxylic acids is 3. The maximum atomic E-state index is 13.2. The second-order valence-corrected chi connectivity index (χ2v) is 7.40. The molecule has 2 aliphatic rings. The van der Waals surface area contributed by atoms with Gasteiger partial charge in [0.25, 0.3) is 0 Å². The number of hydrogen-bond donors (Lipinski definition) is 2. The van der Waals surface area contributed by atoms with Gasteiger partial charge in [0.2, 0.25) is 0 Å². The van der Waals surface area contributed by atoms with Crippen LogP contribution in [0.3, 0.4) is 0 Å². The van der Waals surface area contributed by atoms with Gasteiger partial charge in [-0.3, -0.25) is 4.79 Å². The molecular weight excluding hydrogens is 372 g/mol. The van der Waals surface area contributed by atoms with Gasteiger partial charge in [0, 0.05) is 0 Å². The van der Waals surface area contributed by atoms with E-state index in [1.807, 2.05) is 37.3 Å². The molecule has 7 heteroatoms. The van der Waals surface area contributed by atoms with Crippen LogP contribution in [-0.4, -0.2) is 37.2 Å². The van der Waals surface area contributed by atoms with Crippen LogP contribution in [0.4, 0.5) is 4.79 Å². The summed E-state index contributed by atoms with van der Waals surface area (Å²) in [5.41, 5.74) is 0.867. The number of hydrogen-bond acceptors (Lipinski definition) is 5. The molecule has 0 saturated heterocycles. The fourth-order valence-corrected chi connectivity index (χ4v) is 4.20. The van der Waals surface area contributed by atoms with E-state index in [1.165, 1.54) is 0 Å². The van der Waals surface area contributed by atoms with Crippen LogP contribution in [0.25, 0.3) is 0 Å². The molecule has 1 unspecified atom stereocenters. The summed E-state index contributed by atoms with van der Waals surface area (Å²) in [6.07, 6.45) is 3.89. The summed E-state index contributed by atoms with van der Waals surface area (Å²) < 4.78 is 10.8. The molecule has 7 nitrogen and oxygen atoms in total. The molecule has 29 heavy (non-hydrogen) atoms. The molecule has 1 aliphatic carbocycles. The molecule has 156 valence electrons. The molecule has 1 atom stereocenters. The van der Waals surface area contributed by atoms with Gasteiger partial charge in [-0.1, -0.05) is 50.1 Å². The van der Waals surface area contributed by atoms with Crippen molar-refractivity contribution >= 4 is 18.0 Å². The lowest BCUT2D eigenvalue weighted by atomic mass is 9.79. The molecule has 1 aromatic rings. The van der Waals surface area contributed by atoms with Crippen molar-refractivity contribution in [1.82, 2.24) is 10.6 Å². The van der Waals surface area contributed by atoms with E-state index in [-0.39, 0.29) is 24.9 Å². The Balaban J connectivity index is 1.84. The largest absolute Gasteiger partial charge is 0.463 e. The summed E-state index contributed by atoms with van der Waals surface area (Å²) in [5, 5.41) is 5.33. The van der Waals surface area contributed by atoms with Gasteiger partial charge < -0.3 is 20.1 Å². The summed E-state index contributed by atoms with van der Waals surface area (Å²) in [6, 6.07) is 8.76. The highest BCUT2D eigenvalue weighted by Crippen LogP contribution is 2.42. The van der Waals surface area contributed by atoms with E-state index in [1.54, 1.807) is 6.92 Å². The number of carbonyl (C=O) groups is 3. The molecule has 0 radical (unpaired) electrons. The monoisotopic (exact) mass is 400 g/mol. The van der Waals surface area contributed by atoms with Gasteiger partial charge in [-0.25, -0.2) is 9.59 Å². The van der Waals surface area contributed by atoms with E-state index in [4.69, 9.17) is 9.47 Å². The number of nitrogens with one attached hydrogen (secondary N) is 2. The van der Waals surface area contributed by atoms with Crippen LogP contribution in [0, 0.1) is 0 Å². The normalized spacial score (nSPS) is 20.6. The standard InChI is InChI=1S/C22H28N2O5/c1-3-16-18(19(25)28-4-2)17(24-21(27)23-16)14-29-20(26)22(12-8-9-13-22)15-10-6-5-7-11-15/h5-7,10-11,16H,3-4,8-9,12-14H2,1-2H3,(H2,23,24,27). The predicted molar refractivity (Wildman–Crippen MR) is 107 cm³/mol. The van der Waals surface area contributed by atoms with E-state index < -0.39 is 23.5 Å². The predicted octanol–water partition coefficient (Wildman–Crippen LogP) is 2.95. The molecule has 3 rings (SSSR count). The highest BCUT2D eigenvalue weighted by molar-refractivity contribution is 5.95. The summed E-state index contributed by atoms with van der Waals surface area (Å²) in [5.74, 6) is -0.839. The van der Waals surface area contributed by atoms with Crippen LogP contribution >= 0.6 is 0 Å². The van der Waals surface area contributed by atoms with Gasteiger partial charge >= 0.3 is 18.0 Å². The van der Waals surface area contributed by atoms with E-state index in [0.717, 1.165) is 31.2 Å². The Kier molecular flexibility index (Phi) is 6.56. The van der Waals surface area contributed by atoms with Gasteiger partial charge in [-0.15, -0.1) is 0 Å². The quantitative estimate of drug-likeness (QED) is 0.687. The van der Waals surface area contributed by atoms with Crippen LogP contribution in [-0.2, 0) is 24.5 Å². The smallest absolute Gasteiger partial charge is 0.338 e. The fourth-order valence-electron chi connectivity index (χ4n) is 4.20. The molecule has 0 aromatic heterocycles. The molecule has 2 N–H and O–H groups in total. The van der Waals surface area contributed by atoms with Crippen molar-refractivity contribution in [3.8, 4) is 0 Å². The molecule has 0 bridgehead atoms. The number of rotatable bonds is 7. The molecule has 1 fully saturated rings. The Hall–Kier alpha value is -2.83. The van der Waals surface area contributed by atoms with E-state index in [2.05, 4.69) is 10.6 Å². The first-order valence-electron chi connectivity index (χ1n) is 10.2. The summed E-state index contributed by atoms with van der Waals surface area (Å²) in [6.45, 7) is 3.63. The fraction of sp³-hybridized carbons (Fsp3) is 0.500. The van der Waals surface area contributed by atoms with Crippen molar-refractivity contribution in [2.45, 2.75) is 57.4 Å². The third-order valence-corrected chi connectivity index (χ3v) is 5.67. The highest BCUT2D eigenvalue weighted by Gasteiger charge is 2.44.